The fraction of sp³-hybridized carbons (Fsp3) is 0.500. The summed E-state index contributed by atoms with van der Waals surface area (Å²) in [6, 6.07) is 6.91. The van der Waals surface area contributed by atoms with E-state index in [1.165, 1.54) is 0 Å². The lowest BCUT2D eigenvalue weighted by Gasteiger charge is -2.31. The molecule has 5 heteroatoms. The molecule has 0 saturated heterocycles. The van der Waals surface area contributed by atoms with E-state index in [1.807, 2.05) is 6.92 Å². The van der Waals surface area contributed by atoms with Crippen LogP contribution in [0, 0.1) is 5.92 Å². The standard InChI is InChI=1S/C14H21ClN2O.ClH/c1-10(2)8-14(3,9-16)17-13(18)11-5-4-6-12(15)7-11;/h4-7,10H,8-9,16H2,1-3H3,(H,17,18);1H. The Balaban J connectivity index is 0.00000324. The van der Waals surface area contributed by atoms with Gasteiger partial charge in [0, 0.05) is 22.7 Å². The first-order chi connectivity index (χ1) is 8.36. The van der Waals surface area contributed by atoms with Crippen molar-refractivity contribution in [1.29, 1.82) is 0 Å². The number of carbonyl (C=O) groups is 1. The van der Waals surface area contributed by atoms with Crippen molar-refractivity contribution in [3.63, 3.8) is 0 Å². The quantitative estimate of drug-likeness (QED) is 0.877. The summed E-state index contributed by atoms with van der Waals surface area (Å²) in [5, 5.41) is 3.55. The van der Waals surface area contributed by atoms with Gasteiger partial charge < -0.3 is 11.1 Å². The van der Waals surface area contributed by atoms with Crippen molar-refractivity contribution < 1.29 is 4.79 Å². The maximum atomic E-state index is 12.1. The number of rotatable bonds is 5. The largest absolute Gasteiger partial charge is 0.346 e. The highest BCUT2D eigenvalue weighted by Crippen LogP contribution is 2.17. The van der Waals surface area contributed by atoms with Crippen molar-refractivity contribution in [2.45, 2.75) is 32.7 Å². The van der Waals surface area contributed by atoms with Gasteiger partial charge in [-0.2, -0.15) is 0 Å². The molecule has 0 saturated carbocycles. The van der Waals surface area contributed by atoms with Crippen molar-refractivity contribution in [1.82, 2.24) is 5.32 Å². The Morgan fingerprint density at radius 2 is 2.11 bits per heavy atom. The molecule has 1 amide bonds. The van der Waals surface area contributed by atoms with Gasteiger partial charge in [0.05, 0.1) is 0 Å². The van der Waals surface area contributed by atoms with Crippen molar-refractivity contribution in [3.8, 4) is 0 Å². The zero-order chi connectivity index (χ0) is 13.8. The molecule has 0 spiro atoms. The van der Waals surface area contributed by atoms with Gasteiger partial charge in [0.15, 0.2) is 0 Å². The summed E-state index contributed by atoms with van der Waals surface area (Å²) in [4.78, 5) is 12.1. The van der Waals surface area contributed by atoms with Gasteiger partial charge in [0.2, 0.25) is 0 Å². The van der Waals surface area contributed by atoms with E-state index in [-0.39, 0.29) is 23.9 Å². The van der Waals surface area contributed by atoms with Gasteiger partial charge in [0.25, 0.3) is 5.91 Å². The number of hydrogen-bond donors (Lipinski definition) is 2. The number of nitrogens with two attached hydrogens (primary N) is 1. The number of hydrogen-bond acceptors (Lipinski definition) is 2. The summed E-state index contributed by atoms with van der Waals surface area (Å²) in [5.41, 5.74) is 5.95. The lowest BCUT2D eigenvalue weighted by atomic mass is 9.90. The normalized spacial score (nSPS) is 13.6. The minimum Gasteiger partial charge on any atom is -0.346 e. The first-order valence-electron chi connectivity index (χ1n) is 6.14. The first-order valence-corrected chi connectivity index (χ1v) is 6.52. The Kier molecular flexibility index (Phi) is 7.42. The molecule has 0 bridgehead atoms. The van der Waals surface area contributed by atoms with Gasteiger partial charge in [-0.15, -0.1) is 12.4 Å². The van der Waals surface area contributed by atoms with Crippen LogP contribution in [0.3, 0.4) is 0 Å². The molecule has 3 nitrogen and oxygen atoms in total. The molecular formula is C14H22Cl2N2O. The van der Waals surface area contributed by atoms with Crippen molar-refractivity contribution in [2.24, 2.45) is 11.7 Å². The lowest BCUT2D eigenvalue weighted by molar-refractivity contribution is 0.0898. The maximum Gasteiger partial charge on any atom is 0.251 e. The average molecular weight is 305 g/mol. The molecule has 0 aromatic heterocycles. The minimum absolute atomic E-state index is 0. The third-order valence-electron chi connectivity index (χ3n) is 2.81. The summed E-state index contributed by atoms with van der Waals surface area (Å²) < 4.78 is 0. The molecule has 0 heterocycles. The molecule has 1 atom stereocenters. The van der Waals surface area contributed by atoms with Crippen LogP contribution in [-0.4, -0.2) is 18.0 Å². The molecule has 1 unspecified atom stereocenters. The lowest BCUT2D eigenvalue weighted by Crippen LogP contribution is -2.52. The summed E-state index contributed by atoms with van der Waals surface area (Å²) >= 11 is 5.87. The molecule has 1 aromatic carbocycles. The fourth-order valence-corrected chi connectivity index (χ4v) is 2.25. The molecule has 1 rings (SSSR count). The molecular weight excluding hydrogens is 283 g/mol. The summed E-state index contributed by atoms with van der Waals surface area (Å²) in [5.74, 6) is 0.337. The zero-order valence-electron chi connectivity index (χ0n) is 11.6. The second kappa shape index (κ2) is 7.73. The zero-order valence-corrected chi connectivity index (χ0v) is 13.1. The highest BCUT2D eigenvalue weighted by Gasteiger charge is 2.26. The van der Waals surface area contributed by atoms with E-state index in [0.29, 0.717) is 23.0 Å². The summed E-state index contributed by atoms with van der Waals surface area (Å²) in [7, 11) is 0. The molecule has 0 aliphatic heterocycles. The number of halogens is 2. The number of nitrogens with one attached hydrogen (secondary N) is 1. The Morgan fingerprint density at radius 3 is 2.58 bits per heavy atom. The molecule has 3 N–H and O–H groups in total. The smallest absolute Gasteiger partial charge is 0.251 e. The Labute approximate surface area is 126 Å². The van der Waals surface area contributed by atoms with Crippen molar-refractivity contribution in [2.75, 3.05) is 6.54 Å². The van der Waals surface area contributed by atoms with E-state index < -0.39 is 0 Å². The molecule has 0 fully saturated rings. The topological polar surface area (TPSA) is 55.1 Å². The predicted molar refractivity (Wildman–Crippen MR) is 83.1 cm³/mol. The highest BCUT2D eigenvalue weighted by atomic mass is 35.5. The van der Waals surface area contributed by atoms with E-state index in [4.69, 9.17) is 17.3 Å². The van der Waals surface area contributed by atoms with Crippen LogP contribution in [0.5, 0.6) is 0 Å². The Hall–Kier alpha value is -0.770. The Morgan fingerprint density at radius 1 is 1.47 bits per heavy atom. The molecule has 19 heavy (non-hydrogen) atoms. The van der Waals surface area contributed by atoms with Gasteiger partial charge in [-0.3, -0.25) is 4.79 Å². The molecule has 108 valence electrons. The van der Waals surface area contributed by atoms with Crippen LogP contribution in [0.2, 0.25) is 5.02 Å². The third kappa shape index (κ3) is 5.81. The SMILES string of the molecule is CC(C)CC(C)(CN)NC(=O)c1cccc(Cl)c1.Cl. The maximum absolute atomic E-state index is 12.1. The third-order valence-corrected chi connectivity index (χ3v) is 3.05. The van der Waals surface area contributed by atoms with Gasteiger partial charge in [-0.25, -0.2) is 0 Å². The van der Waals surface area contributed by atoms with Gasteiger partial charge in [-0.1, -0.05) is 31.5 Å². The van der Waals surface area contributed by atoms with Gasteiger partial charge >= 0.3 is 0 Å². The van der Waals surface area contributed by atoms with Crippen molar-refractivity contribution >= 4 is 29.9 Å². The van der Waals surface area contributed by atoms with E-state index in [2.05, 4.69) is 19.2 Å². The molecule has 0 radical (unpaired) electrons. The monoisotopic (exact) mass is 304 g/mol. The minimum atomic E-state index is -0.381. The van der Waals surface area contributed by atoms with E-state index in [9.17, 15) is 4.79 Å². The van der Waals surface area contributed by atoms with Gasteiger partial charge in [0.1, 0.15) is 0 Å². The van der Waals surface area contributed by atoms with Crippen LogP contribution in [0.25, 0.3) is 0 Å². The molecule has 0 aliphatic rings. The van der Waals surface area contributed by atoms with Gasteiger partial charge in [-0.05, 0) is 37.5 Å². The average Bonchev–Trinajstić information content (AvgIpc) is 2.27. The second-order valence-corrected chi connectivity index (χ2v) is 5.76. The summed E-state index contributed by atoms with van der Waals surface area (Å²) in [6.45, 7) is 6.60. The second-order valence-electron chi connectivity index (χ2n) is 5.33. The predicted octanol–water partition coefficient (Wildman–Crippen LogP) is 3.26. The number of carbonyl (C=O) groups excluding carboxylic acids is 1. The van der Waals surface area contributed by atoms with E-state index in [0.717, 1.165) is 6.42 Å². The van der Waals surface area contributed by atoms with Crippen LogP contribution in [0.4, 0.5) is 0 Å². The first kappa shape index (κ1) is 18.2. The number of amides is 1. The van der Waals surface area contributed by atoms with E-state index >= 15 is 0 Å². The van der Waals surface area contributed by atoms with Crippen LogP contribution < -0.4 is 11.1 Å². The van der Waals surface area contributed by atoms with Crippen molar-refractivity contribution in [3.05, 3.63) is 34.9 Å². The Bertz CT molecular complexity index is 424. The summed E-state index contributed by atoms with van der Waals surface area (Å²) in [6.07, 6.45) is 0.843. The fourth-order valence-electron chi connectivity index (χ4n) is 2.06. The van der Waals surface area contributed by atoms with Crippen LogP contribution in [0.1, 0.15) is 37.6 Å². The number of benzene rings is 1. The molecule has 0 aliphatic carbocycles. The molecule has 1 aromatic rings. The van der Waals surface area contributed by atoms with Crippen LogP contribution in [-0.2, 0) is 0 Å². The van der Waals surface area contributed by atoms with Crippen LogP contribution >= 0.6 is 24.0 Å². The van der Waals surface area contributed by atoms with Crippen LogP contribution in [0.15, 0.2) is 24.3 Å². The highest BCUT2D eigenvalue weighted by molar-refractivity contribution is 6.30. The van der Waals surface area contributed by atoms with E-state index in [1.54, 1.807) is 24.3 Å².